The van der Waals surface area contributed by atoms with E-state index in [-0.39, 0.29) is 29.6 Å². The van der Waals surface area contributed by atoms with Crippen LogP contribution in [0.5, 0.6) is 11.5 Å². The lowest BCUT2D eigenvalue weighted by Gasteiger charge is -2.15. The zero-order chi connectivity index (χ0) is 22.3. The van der Waals surface area contributed by atoms with Gasteiger partial charge in [-0.1, -0.05) is 31.5 Å². The molecule has 0 unspecified atom stereocenters. The van der Waals surface area contributed by atoms with E-state index >= 15 is 0 Å². The number of benzene rings is 2. The Kier molecular flexibility index (Phi) is 8.47. The number of halogens is 2. The number of nitrogens with one attached hydrogen (secondary N) is 2. The molecule has 0 spiro atoms. The third-order valence-corrected chi connectivity index (χ3v) is 4.46. The number of carbonyl (C=O) groups excluding carboxylic acids is 2. The van der Waals surface area contributed by atoms with E-state index in [1.54, 1.807) is 19.1 Å². The predicted octanol–water partition coefficient (Wildman–Crippen LogP) is 3.99. The van der Waals surface area contributed by atoms with Crippen LogP contribution in [-0.4, -0.2) is 38.6 Å². The van der Waals surface area contributed by atoms with Crippen molar-refractivity contribution < 1.29 is 23.5 Å². The van der Waals surface area contributed by atoms with Gasteiger partial charge in [0.2, 0.25) is 0 Å². The van der Waals surface area contributed by atoms with Crippen molar-refractivity contribution in [2.75, 3.05) is 26.8 Å². The Morgan fingerprint density at radius 2 is 1.70 bits per heavy atom. The molecule has 0 aliphatic carbocycles. The van der Waals surface area contributed by atoms with Crippen LogP contribution in [0.25, 0.3) is 0 Å². The molecule has 2 aromatic carbocycles. The summed E-state index contributed by atoms with van der Waals surface area (Å²) in [6.07, 6.45) is 0. The van der Waals surface area contributed by atoms with Crippen LogP contribution in [0.4, 0.5) is 4.39 Å². The first-order chi connectivity index (χ1) is 14.2. The molecular formula is C22H26ClFN2O4. The third kappa shape index (κ3) is 6.35. The quantitative estimate of drug-likeness (QED) is 0.583. The number of amides is 2. The fourth-order valence-electron chi connectivity index (χ4n) is 2.53. The molecule has 2 amide bonds. The van der Waals surface area contributed by atoms with Gasteiger partial charge in [-0.2, -0.15) is 0 Å². The van der Waals surface area contributed by atoms with Gasteiger partial charge >= 0.3 is 0 Å². The maximum absolute atomic E-state index is 13.6. The van der Waals surface area contributed by atoms with E-state index in [1.807, 2.05) is 13.8 Å². The molecule has 0 radical (unpaired) electrons. The van der Waals surface area contributed by atoms with Gasteiger partial charge in [0, 0.05) is 24.2 Å². The lowest BCUT2D eigenvalue weighted by Crippen LogP contribution is -2.34. The summed E-state index contributed by atoms with van der Waals surface area (Å²) < 4.78 is 24.5. The van der Waals surface area contributed by atoms with Gasteiger partial charge in [0.1, 0.15) is 5.82 Å². The van der Waals surface area contributed by atoms with Crippen LogP contribution in [-0.2, 0) is 0 Å². The maximum atomic E-state index is 13.6. The van der Waals surface area contributed by atoms with Gasteiger partial charge in [0.15, 0.2) is 11.5 Å². The zero-order valence-corrected chi connectivity index (χ0v) is 18.2. The molecule has 0 heterocycles. The van der Waals surface area contributed by atoms with Crippen molar-refractivity contribution in [1.82, 2.24) is 10.6 Å². The summed E-state index contributed by atoms with van der Waals surface area (Å²) in [5.41, 5.74) is 0.993. The van der Waals surface area contributed by atoms with Crippen molar-refractivity contribution in [1.29, 1.82) is 0 Å². The number of aryl methyl sites for hydroxylation is 1. The van der Waals surface area contributed by atoms with E-state index in [4.69, 9.17) is 21.1 Å². The molecule has 2 rings (SSSR count). The molecule has 30 heavy (non-hydrogen) atoms. The maximum Gasteiger partial charge on any atom is 0.251 e. The van der Waals surface area contributed by atoms with Crippen molar-refractivity contribution in [3.63, 3.8) is 0 Å². The average Bonchev–Trinajstić information content (AvgIpc) is 2.71. The highest BCUT2D eigenvalue weighted by atomic mass is 35.5. The third-order valence-electron chi connectivity index (χ3n) is 4.18. The first-order valence-corrected chi connectivity index (χ1v) is 9.93. The Labute approximate surface area is 180 Å². The van der Waals surface area contributed by atoms with Gasteiger partial charge in [-0.25, -0.2) is 4.39 Å². The highest BCUT2D eigenvalue weighted by Crippen LogP contribution is 2.36. The monoisotopic (exact) mass is 436 g/mol. The van der Waals surface area contributed by atoms with E-state index < -0.39 is 11.7 Å². The Morgan fingerprint density at radius 1 is 1.07 bits per heavy atom. The molecule has 0 atom stereocenters. The molecule has 8 heteroatoms. The molecule has 0 aromatic heterocycles. The molecule has 2 aromatic rings. The molecule has 0 aliphatic rings. The molecule has 0 aliphatic heterocycles. The van der Waals surface area contributed by atoms with Crippen LogP contribution in [0.1, 0.15) is 40.1 Å². The second kappa shape index (κ2) is 10.8. The van der Waals surface area contributed by atoms with Gasteiger partial charge in [-0.3, -0.25) is 9.59 Å². The molecular weight excluding hydrogens is 411 g/mol. The minimum atomic E-state index is -0.442. The minimum Gasteiger partial charge on any atom is -0.493 e. The molecule has 0 saturated carbocycles. The van der Waals surface area contributed by atoms with Gasteiger partial charge in [0.25, 0.3) is 11.8 Å². The van der Waals surface area contributed by atoms with E-state index in [0.717, 1.165) is 0 Å². The normalized spacial score (nSPS) is 10.6. The second-order valence-electron chi connectivity index (χ2n) is 7.17. The Hall–Kier alpha value is -2.80. The molecule has 162 valence electrons. The van der Waals surface area contributed by atoms with E-state index in [1.165, 1.54) is 25.3 Å². The molecule has 0 saturated heterocycles. The van der Waals surface area contributed by atoms with Gasteiger partial charge in [-0.15, -0.1) is 0 Å². The number of rotatable bonds is 9. The zero-order valence-electron chi connectivity index (χ0n) is 17.5. The molecule has 2 N–H and O–H groups in total. The summed E-state index contributed by atoms with van der Waals surface area (Å²) in [6, 6.07) is 7.31. The van der Waals surface area contributed by atoms with Crippen molar-refractivity contribution in [3.8, 4) is 11.5 Å². The first kappa shape index (κ1) is 23.5. The SMILES string of the molecule is COc1cc(C(=O)NCCNC(=O)c2ccc(C)c(F)c2)cc(Cl)c1OCC(C)C. The van der Waals surface area contributed by atoms with Crippen molar-refractivity contribution in [2.24, 2.45) is 5.92 Å². The highest BCUT2D eigenvalue weighted by molar-refractivity contribution is 6.32. The summed E-state index contributed by atoms with van der Waals surface area (Å²) in [7, 11) is 1.47. The number of carbonyl (C=O) groups is 2. The first-order valence-electron chi connectivity index (χ1n) is 9.55. The average molecular weight is 437 g/mol. The van der Waals surface area contributed by atoms with Crippen LogP contribution in [0.3, 0.4) is 0 Å². The summed E-state index contributed by atoms with van der Waals surface area (Å²) >= 11 is 6.26. The van der Waals surface area contributed by atoms with Crippen LogP contribution < -0.4 is 20.1 Å². The van der Waals surface area contributed by atoms with Crippen molar-refractivity contribution in [3.05, 3.63) is 57.9 Å². The summed E-state index contributed by atoms with van der Waals surface area (Å²) in [4.78, 5) is 24.5. The summed E-state index contributed by atoms with van der Waals surface area (Å²) in [6.45, 7) is 6.47. The predicted molar refractivity (Wildman–Crippen MR) is 114 cm³/mol. The lowest BCUT2D eigenvalue weighted by atomic mass is 10.1. The smallest absolute Gasteiger partial charge is 0.251 e. The minimum absolute atomic E-state index is 0.181. The van der Waals surface area contributed by atoms with Crippen molar-refractivity contribution in [2.45, 2.75) is 20.8 Å². The van der Waals surface area contributed by atoms with Gasteiger partial charge in [0.05, 0.1) is 18.7 Å². The number of ether oxygens (including phenoxy) is 2. The van der Waals surface area contributed by atoms with Crippen molar-refractivity contribution >= 4 is 23.4 Å². The van der Waals surface area contributed by atoms with Crippen LogP contribution in [0, 0.1) is 18.7 Å². The molecule has 6 nitrogen and oxygen atoms in total. The summed E-state index contributed by atoms with van der Waals surface area (Å²) in [5, 5.41) is 5.60. The fourth-order valence-corrected chi connectivity index (χ4v) is 2.80. The lowest BCUT2D eigenvalue weighted by molar-refractivity contribution is 0.0927. The molecule has 0 bridgehead atoms. The Morgan fingerprint density at radius 3 is 2.27 bits per heavy atom. The largest absolute Gasteiger partial charge is 0.493 e. The van der Waals surface area contributed by atoms with E-state index in [9.17, 15) is 14.0 Å². The van der Waals surface area contributed by atoms with Crippen LogP contribution in [0.15, 0.2) is 30.3 Å². The topological polar surface area (TPSA) is 76.7 Å². The highest BCUT2D eigenvalue weighted by Gasteiger charge is 2.16. The van der Waals surface area contributed by atoms with E-state index in [2.05, 4.69) is 10.6 Å². The van der Waals surface area contributed by atoms with Crippen LogP contribution in [0.2, 0.25) is 5.02 Å². The van der Waals surface area contributed by atoms with Crippen LogP contribution >= 0.6 is 11.6 Å². The Balaban J connectivity index is 1.92. The fraction of sp³-hybridized carbons (Fsp3) is 0.364. The van der Waals surface area contributed by atoms with E-state index in [0.29, 0.717) is 35.2 Å². The van der Waals surface area contributed by atoms with Gasteiger partial charge < -0.3 is 20.1 Å². The Bertz CT molecular complexity index is 918. The number of hydrogen-bond donors (Lipinski definition) is 2. The molecule has 0 fully saturated rings. The summed E-state index contributed by atoms with van der Waals surface area (Å²) in [5.74, 6) is -0.172. The number of hydrogen-bond acceptors (Lipinski definition) is 4. The number of methoxy groups -OCH3 is 1. The second-order valence-corrected chi connectivity index (χ2v) is 7.58. The standard InChI is InChI=1S/C22H26ClFN2O4/c1-13(2)12-30-20-17(23)9-16(11-19(20)29-4)22(28)26-8-7-25-21(27)15-6-5-14(3)18(24)10-15/h5-6,9-11,13H,7-8,12H2,1-4H3,(H,25,27)(H,26,28). The van der Waals surface area contributed by atoms with Gasteiger partial charge in [-0.05, 0) is 42.7 Å².